The van der Waals surface area contributed by atoms with E-state index in [0.717, 1.165) is 38.9 Å². The van der Waals surface area contributed by atoms with Gasteiger partial charge in [-0.05, 0) is 92.8 Å². The summed E-state index contributed by atoms with van der Waals surface area (Å²) in [5.41, 5.74) is 5.93. The predicted octanol–water partition coefficient (Wildman–Crippen LogP) is 6.64. The Morgan fingerprint density at radius 1 is 0.972 bits per heavy atom. The molecular formula is C30H29FN2O3. The van der Waals surface area contributed by atoms with E-state index in [4.69, 9.17) is 10.1 Å². The number of amides is 1. The van der Waals surface area contributed by atoms with Gasteiger partial charge in [0.1, 0.15) is 5.82 Å². The number of pyridine rings is 1. The van der Waals surface area contributed by atoms with Gasteiger partial charge in [0.25, 0.3) is 5.91 Å². The van der Waals surface area contributed by atoms with Crippen LogP contribution in [0.4, 0.5) is 4.39 Å². The second-order valence-corrected chi connectivity index (χ2v) is 9.12. The lowest BCUT2D eigenvalue weighted by atomic mass is 9.98. The fraction of sp³-hybridized carbons (Fsp3) is 0.233. The van der Waals surface area contributed by atoms with E-state index in [1.807, 2.05) is 56.3 Å². The number of aromatic nitrogens is 1. The van der Waals surface area contributed by atoms with Gasteiger partial charge in [-0.25, -0.2) is 9.37 Å². The van der Waals surface area contributed by atoms with Crippen molar-refractivity contribution in [1.82, 2.24) is 10.3 Å². The number of rotatable bonds is 9. The van der Waals surface area contributed by atoms with E-state index in [1.165, 1.54) is 12.1 Å². The maximum Gasteiger partial charge on any atom is 0.303 e. The van der Waals surface area contributed by atoms with Crippen LogP contribution < -0.4 is 5.32 Å². The molecule has 5 nitrogen and oxygen atoms in total. The average molecular weight is 485 g/mol. The molecule has 2 N–H and O–H groups in total. The number of nitrogens with zero attached hydrogens (tertiary/aromatic N) is 1. The Hall–Kier alpha value is -4.06. The number of carbonyl (C=O) groups excluding carboxylic acids is 1. The Kier molecular flexibility index (Phi) is 7.74. The largest absolute Gasteiger partial charge is 0.481 e. The molecule has 1 amide bonds. The van der Waals surface area contributed by atoms with Crippen LogP contribution in [-0.4, -0.2) is 22.0 Å². The van der Waals surface area contributed by atoms with Crippen molar-refractivity contribution in [1.29, 1.82) is 0 Å². The molecule has 1 aromatic heterocycles. The van der Waals surface area contributed by atoms with E-state index < -0.39 is 5.97 Å². The van der Waals surface area contributed by atoms with E-state index in [1.54, 1.807) is 18.2 Å². The molecule has 1 heterocycles. The fourth-order valence-electron chi connectivity index (χ4n) is 4.22. The minimum Gasteiger partial charge on any atom is -0.481 e. The van der Waals surface area contributed by atoms with Gasteiger partial charge in [0.15, 0.2) is 0 Å². The molecule has 184 valence electrons. The normalized spacial score (nSPS) is 11.9. The smallest absolute Gasteiger partial charge is 0.303 e. The van der Waals surface area contributed by atoms with Gasteiger partial charge < -0.3 is 10.4 Å². The first kappa shape index (κ1) is 25.0. The fourth-order valence-corrected chi connectivity index (χ4v) is 4.22. The van der Waals surface area contributed by atoms with E-state index in [2.05, 4.69) is 5.32 Å². The van der Waals surface area contributed by atoms with Crippen LogP contribution in [0.2, 0.25) is 0 Å². The zero-order valence-corrected chi connectivity index (χ0v) is 20.4. The molecule has 6 heteroatoms. The van der Waals surface area contributed by atoms with Gasteiger partial charge in [-0.2, -0.15) is 0 Å². The lowest BCUT2D eigenvalue weighted by Crippen LogP contribution is -2.26. The monoisotopic (exact) mass is 484 g/mol. The molecule has 4 rings (SSSR count). The van der Waals surface area contributed by atoms with Crippen LogP contribution >= 0.6 is 0 Å². The molecule has 0 saturated carbocycles. The molecule has 0 fully saturated rings. The summed E-state index contributed by atoms with van der Waals surface area (Å²) in [4.78, 5) is 28.7. The van der Waals surface area contributed by atoms with Crippen LogP contribution in [0.25, 0.3) is 22.2 Å². The number of benzene rings is 3. The number of unbranched alkanes of at least 4 members (excludes halogenated alkanes) is 1. The number of fused-ring (bicyclic) bond motifs is 1. The summed E-state index contributed by atoms with van der Waals surface area (Å²) < 4.78 is 13.5. The van der Waals surface area contributed by atoms with Crippen molar-refractivity contribution in [3.05, 3.63) is 101 Å². The lowest BCUT2D eigenvalue weighted by Gasteiger charge is -2.15. The zero-order chi connectivity index (χ0) is 25.7. The number of hydrogen-bond donors (Lipinski definition) is 2. The van der Waals surface area contributed by atoms with Gasteiger partial charge in [0, 0.05) is 22.9 Å². The molecule has 0 unspecified atom stereocenters. The van der Waals surface area contributed by atoms with E-state index in [-0.39, 0.29) is 24.2 Å². The highest BCUT2D eigenvalue weighted by atomic mass is 19.1. The standard InChI is InChI=1S/C30H29FN2O3/c1-19-7-9-21(10-8-19)20(2)32-30(36)24-13-16-27-25(18-24)17-23(5-3-4-6-28(34)35)29(33-27)22-11-14-26(31)15-12-22/h7-18,20H,3-6H2,1-2H3,(H,32,36)(H,34,35)/t20-/m1/s1. The number of hydrogen-bond acceptors (Lipinski definition) is 3. The van der Waals surface area contributed by atoms with Crippen molar-refractivity contribution in [2.75, 3.05) is 0 Å². The molecule has 0 aliphatic rings. The third-order valence-corrected chi connectivity index (χ3v) is 6.29. The van der Waals surface area contributed by atoms with E-state index >= 15 is 0 Å². The van der Waals surface area contributed by atoms with Crippen molar-refractivity contribution >= 4 is 22.8 Å². The van der Waals surface area contributed by atoms with Crippen LogP contribution in [0, 0.1) is 12.7 Å². The topological polar surface area (TPSA) is 79.3 Å². The van der Waals surface area contributed by atoms with Crippen molar-refractivity contribution in [2.45, 2.75) is 45.6 Å². The third-order valence-electron chi connectivity index (χ3n) is 6.29. The number of aryl methyl sites for hydroxylation is 2. The van der Waals surface area contributed by atoms with Gasteiger partial charge in [-0.1, -0.05) is 29.8 Å². The highest BCUT2D eigenvalue weighted by Crippen LogP contribution is 2.28. The number of halogens is 1. The Morgan fingerprint density at radius 2 is 1.69 bits per heavy atom. The SMILES string of the molecule is Cc1ccc([C@@H](C)NC(=O)c2ccc3nc(-c4ccc(F)cc4)c(CCCCC(=O)O)cc3c2)cc1. The molecular weight excluding hydrogens is 455 g/mol. The molecule has 1 atom stereocenters. The highest BCUT2D eigenvalue weighted by Gasteiger charge is 2.15. The summed E-state index contributed by atoms with van der Waals surface area (Å²) in [6, 6.07) is 21.5. The summed E-state index contributed by atoms with van der Waals surface area (Å²) in [6.45, 7) is 3.98. The Labute approximate surface area is 210 Å². The first-order valence-corrected chi connectivity index (χ1v) is 12.1. The van der Waals surface area contributed by atoms with Gasteiger partial charge in [0.05, 0.1) is 17.3 Å². The van der Waals surface area contributed by atoms with Gasteiger partial charge in [0.2, 0.25) is 0 Å². The number of carboxylic acid groups (broad SMARTS) is 1. The zero-order valence-electron chi connectivity index (χ0n) is 20.4. The third kappa shape index (κ3) is 6.13. The number of carboxylic acids is 1. The minimum atomic E-state index is -0.819. The van der Waals surface area contributed by atoms with Crippen molar-refractivity contribution in [2.24, 2.45) is 0 Å². The van der Waals surface area contributed by atoms with E-state index in [9.17, 15) is 14.0 Å². The van der Waals surface area contributed by atoms with Crippen LogP contribution in [0.1, 0.15) is 59.3 Å². The number of carbonyl (C=O) groups is 2. The quantitative estimate of drug-likeness (QED) is 0.261. The molecule has 0 aliphatic heterocycles. The number of aliphatic carboxylic acids is 1. The molecule has 4 aromatic rings. The Balaban J connectivity index is 1.62. The van der Waals surface area contributed by atoms with Crippen LogP contribution in [0.5, 0.6) is 0 Å². The second-order valence-electron chi connectivity index (χ2n) is 9.12. The van der Waals surface area contributed by atoms with Crippen LogP contribution in [0.15, 0.2) is 72.8 Å². The average Bonchev–Trinajstić information content (AvgIpc) is 2.86. The maximum absolute atomic E-state index is 13.5. The maximum atomic E-state index is 13.5. The van der Waals surface area contributed by atoms with Crippen molar-refractivity contribution < 1.29 is 19.1 Å². The lowest BCUT2D eigenvalue weighted by molar-refractivity contribution is -0.137. The van der Waals surface area contributed by atoms with Crippen molar-refractivity contribution in [3.63, 3.8) is 0 Å². The molecule has 0 radical (unpaired) electrons. The molecule has 3 aromatic carbocycles. The molecule has 36 heavy (non-hydrogen) atoms. The predicted molar refractivity (Wildman–Crippen MR) is 139 cm³/mol. The summed E-state index contributed by atoms with van der Waals surface area (Å²) >= 11 is 0. The van der Waals surface area contributed by atoms with Crippen LogP contribution in [-0.2, 0) is 11.2 Å². The van der Waals surface area contributed by atoms with E-state index in [0.29, 0.717) is 24.8 Å². The first-order valence-electron chi connectivity index (χ1n) is 12.1. The summed E-state index contributed by atoms with van der Waals surface area (Å²) in [6.07, 6.45) is 1.97. The molecule has 0 saturated heterocycles. The van der Waals surface area contributed by atoms with Gasteiger partial charge in [-0.3, -0.25) is 9.59 Å². The summed E-state index contributed by atoms with van der Waals surface area (Å²) in [5.74, 6) is -1.31. The minimum absolute atomic E-state index is 0.108. The Bertz CT molecular complexity index is 1380. The second kappa shape index (κ2) is 11.1. The summed E-state index contributed by atoms with van der Waals surface area (Å²) in [7, 11) is 0. The van der Waals surface area contributed by atoms with Crippen LogP contribution in [0.3, 0.4) is 0 Å². The van der Waals surface area contributed by atoms with Gasteiger partial charge in [-0.15, -0.1) is 0 Å². The summed E-state index contributed by atoms with van der Waals surface area (Å²) in [5, 5.41) is 12.8. The van der Waals surface area contributed by atoms with Gasteiger partial charge >= 0.3 is 5.97 Å². The number of nitrogens with one attached hydrogen (secondary N) is 1. The molecule has 0 bridgehead atoms. The highest BCUT2D eigenvalue weighted by molar-refractivity contribution is 5.98. The van der Waals surface area contributed by atoms with Crippen molar-refractivity contribution in [3.8, 4) is 11.3 Å². The molecule has 0 spiro atoms. The first-order chi connectivity index (χ1) is 17.3. The molecule has 0 aliphatic carbocycles. The Morgan fingerprint density at radius 3 is 2.39 bits per heavy atom.